The Morgan fingerprint density at radius 2 is 2.18 bits per heavy atom. The minimum absolute atomic E-state index is 0.926. The van der Waals surface area contributed by atoms with E-state index in [2.05, 4.69) is 33.4 Å². The summed E-state index contributed by atoms with van der Waals surface area (Å²) in [4.78, 5) is 0. The molecule has 0 N–H and O–H groups in total. The summed E-state index contributed by atoms with van der Waals surface area (Å²) in [7, 11) is 0. The first-order valence-electron chi connectivity index (χ1n) is 4.83. The largest absolute Gasteiger partial charge is 0.103 e. The highest BCUT2D eigenvalue weighted by Crippen LogP contribution is 2.53. The van der Waals surface area contributed by atoms with Gasteiger partial charge in [0.15, 0.2) is 0 Å². The van der Waals surface area contributed by atoms with Gasteiger partial charge in [0.1, 0.15) is 0 Å². The average Bonchev–Trinajstić information content (AvgIpc) is 2.62. The van der Waals surface area contributed by atoms with Crippen molar-refractivity contribution >= 4 is 0 Å². The monoisotopic (exact) mass is 152 g/mol. The van der Waals surface area contributed by atoms with E-state index in [9.17, 15) is 0 Å². The van der Waals surface area contributed by atoms with Crippen LogP contribution in [0.4, 0.5) is 0 Å². The molecule has 0 aromatic carbocycles. The van der Waals surface area contributed by atoms with Gasteiger partial charge >= 0.3 is 0 Å². The van der Waals surface area contributed by atoms with Gasteiger partial charge in [-0.3, -0.25) is 0 Å². The fraction of sp³-hybridized carbons (Fsp3) is 0.818. The quantitative estimate of drug-likeness (QED) is 0.541. The average molecular weight is 152 g/mol. The van der Waals surface area contributed by atoms with Crippen LogP contribution in [0.15, 0.2) is 12.7 Å². The van der Waals surface area contributed by atoms with E-state index < -0.39 is 0 Å². The van der Waals surface area contributed by atoms with Gasteiger partial charge < -0.3 is 0 Å². The van der Waals surface area contributed by atoms with E-state index in [0.717, 1.165) is 23.7 Å². The molecule has 0 spiro atoms. The van der Waals surface area contributed by atoms with Crippen LogP contribution in [0.1, 0.15) is 33.6 Å². The molecule has 0 radical (unpaired) electrons. The second-order valence-electron chi connectivity index (χ2n) is 4.01. The zero-order chi connectivity index (χ0) is 8.43. The molecule has 0 aromatic rings. The molecule has 11 heavy (non-hydrogen) atoms. The van der Waals surface area contributed by atoms with E-state index in [1.165, 1.54) is 12.8 Å². The molecule has 1 aliphatic rings. The molecule has 0 aromatic heterocycles. The molecule has 1 aliphatic carbocycles. The Bertz CT molecular complexity index is 137. The number of rotatable bonds is 4. The molecule has 1 saturated carbocycles. The van der Waals surface area contributed by atoms with Crippen LogP contribution in [0.2, 0.25) is 0 Å². The van der Waals surface area contributed by atoms with E-state index in [1.807, 2.05) is 0 Å². The van der Waals surface area contributed by atoms with Crippen LogP contribution < -0.4 is 0 Å². The van der Waals surface area contributed by atoms with E-state index in [0.29, 0.717) is 0 Å². The third kappa shape index (κ3) is 1.66. The molecule has 64 valence electrons. The zero-order valence-corrected chi connectivity index (χ0v) is 8.01. The van der Waals surface area contributed by atoms with Crippen LogP contribution in [0.3, 0.4) is 0 Å². The third-order valence-electron chi connectivity index (χ3n) is 3.38. The van der Waals surface area contributed by atoms with Crippen LogP contribution in [0, 0.1) is 23.7 Å². The SMILES string of the molecule is C=CCC1C(C)C1C(C)CC. The van der Waals surface area contributed by atoms with Crippen molar-refractivity contribution in [3.8, 4) is 0 Å². The van der Waals surface area contributed by atoms with Crippen molar-refractivity contribution in [3.63, 3.8) is 0 Å². The van der Waals surface area contributed by atoms with E-state index in [4.69, 9.17) is 0 Å². The summed E-state index contributed by atoms with van der Waals surface area (Å²) in [6.07, 6.45) is 4.64. The highest BCUT2D eigenvalue weighted by atomic mass is 14.5. The first kappa shape index (κ1) is 8.83. The lowest BCUT2D eigenvalue weighted by Crippen LogP contribution is -1.97. The number of hydrogen-bond donors (Lipinski definition) is 0. The first-order chi connectivity index (χ1) is 5.22. The molecular formula is C11H20. The van der Waals surface area contributed by atoms with Crippen LogP contribution >= 0.6 is 0 Å². The normalized spacial score (nSPS) is 38.3. The fourth-order valence-electron chi connectivity index (χ4n) is 2.36. The smallest absolute Gasteiger partial charge is 0.0317 e. The molecule has 4 unspecified atom stereocenters. The van der Waals surface area contributed by atoms with Crippen molar-refractivity contribution in [2.24, 2.45) is 23.7 Å². The maximum atomic E-state index is 3.79. The summed E-state index contributed by atoms with van der Waals surface area (Å²) in [5, 5.41) is 0. The van der Waals surface area contributed by atoms with Gasteiger partial charge in [-0.15, -0.1) is 6.58 Å². The Morgan fingerprint density at radius 3 is 2.64 bits per heavy atom. The third-order valence-corrected chi connectivity index (χ3v) is 3.38. The van der Waals surface area contributed by atoms with Crippen molar-refractivity contribution < 1.29 is 0 Å². The van der Waals surface area contributed by atoms with Crippen LogP contribution in [0.5, 0.6) is 0 Å². The molecule has 4 atom stereocenters. The second-order valence-corrected chi connectivity index (χ2v) is 4.01. The molecule has 0 saturated heterocycles. The molecule has 0 aliphatic heterocycles. The van der Waals surface area contributed by atoms with Gasteiger partial charge in [-0.2, -0.15) is 0 Å². The molecule has 0 heteroatoms. The van der Waals surface area contributed by atoms with Gasteiger partial charge in [0.05, 0.1) is 0 Å². The summed E-state index contributed by atoms with van der Waals surface area (Å²) < 4.78 is 0. The summed E-state index contributed by atoms with van der Waals surface area (Å²) in [5.74, 6) is 3.85. The van der Waals surface area contributed by atoms with Crippen molar-refractivity contribution in [2.45, 2.75) is 33.6 Å². The van der Waals surface area contributed by atoms with Gasteiger partial charge in [-0.25, -0.2) is 0 Å². The Kier molecular flexibility index (Phi) is 2.75. The summed E-state index contributed by atoms with van der Waals surface area (Å²) in [6, 6.07) is 0. The van der Waals surface area contributed by atoms with Crippen LogP contribution in [-0.4, -0.2) is 0 Å². The minimum atomic E-state index is 0.926. The van der Waals surface area contributed by atoms with Crippen molar-refractivity contribution in [1.82, 2.24) is 0 Å². The second kappa shape index (κ2) is 3.42. The Morgan fingerprint density at radius 1 is 1.55 bits per heavy atom. The van der Waals surface area contributed by atoms with E-state index in [1.54, 1.807) is 0 Å². The predicted molar refractivity (Wildman–Crippen MR) is 50.4 cm³/mol. The summed E-state index contributed by atoms with van der Waals surface area (Å²) in [5.41, 5.74) is 0. The lowest BCUT2D eigenvalue weighted by Gasteiger charge is -2.05. The van der Waals surface area contributed by atoms with Crippen molar-refractivity contribution in [3.05, 3.63) is 12.7 Å². The molecular weight excluding hydrogens is 132 g/mol. The van der Waals surface area contributed by atoms with Crippen LogP contribution in [-0.2, 0) is 0 Å². The van der Waals surface area contributed by atoms with Gasteiger partial charge in [0.25, 0.3) is 0 Å². The molecule has 1 fully saturated rings. The van der Waals surface area contributed by atoms with Crippen molar-refractivity contribution in [1.29, 1.82) is 0 Å². The topological polar surface area (TPSA) is 0 Å². The molecule has 0 bridgehead atoms. The molecule has 0 nitrogen and oxygen atoms in total. The molecule has 1 rings (SSSR count). The number of hydrogen-bond acceptors (Lipinski definition) is 0. The van der Waals surface area contributed by atoms with Gasteiger partial charge in [0, 0.05) is 0 Å². The van der Waals surface area contributed by atoms with Gasteiger partial charge in [-0.05, 0) is 30.1 Å². The van der Waals surface area contributed by atoms with Crippen LogP contribution in [0.25, 0.3) is 0 Å². The van der Waals surface area contributed by atoms with E-state index in [-0.39, 0.29) is 0 Å². The summed E-state index contributed by atoms with van der Waals surface area (Å²) >= 11 is 0. The zero-order valence-electron chi connectivity index (χ0n) is 8.01. The fourth-order valence-corrected chi connectivity index (χ4v) is 2.36. The molecule has 0 amide bonds. The van der Waals surface area contributed by atoms with Gasteiger partial charge in [0.2, 0.25) is 0 Å². The maximum absolute atomic E-state index is 3.79. The van der Waals surface area contributed by atoms with Crippen molar-refractivity contribution in [2.75, 3.05) is 0 Å². The predicted octanol–water partition coefficient (Wildman–Crippen LogP) is 3.49. The molecule has 0 heterocycles. The number of allylic oxidation sites excluding steroid dienone is 1. The lowest BCUT2D eigenvalue weighted by atomic mass is 10.0. The van der Waals surface area contributed by atoms with Gasteiger partial charge in [-0.1, -0.05) is 33.3 Å². The standard InChI is InChI=1S/C11H20/c1-5-7-10-9(4)11(10)8(3)6-2/h5,8-11H,1,6-7H2,2-4H3. The highest BCUT2D eigenvalue weighted by Gasteiger charge is 2.47. The Balaban J connectivity index is 2.34. The van der Waals surface area contributed by atoms with E-state index >= 15 is 0 Å². The summed E-state index contributed by atoms with van der Waals surface area (Å²) in [6.45, 7) is 10.8. The Hall–Kier alpha value is -0.260. The Labute approximate surface area is 70.7 Å². The highest BCUT2D eigenvalue weighted by molar-refractivity contribution is 4.99. The minimum Gasteiger partial charge on any atom is -0.103 e. The first-order valence-corrected chi connectivity index (χ1v) is 4.83. The lowest BCUT2D eigenvalue weighted by molar-refractivity contribution is 0.450. The maximum Gasteiger partial charge on any atom is -0.0317 e.